The summed E-state index contributed by atoms with van der Waals surface area (Å²) in [6.07, 6.45) is 1.62. The SMILES string of the molecule is CN(C[C@H](O)CNC(C)(C)CCCc1ccccc1F)S(=O)(=O)c1cccc(-c2cccc(CCC(=O)O)c2)c1. The van der Waals surface area contributed by atoms with E-state index in [4.69, 9.17) is 5.11 Å². The van der Waals surface area contributed by atoms with Crippen molar-refractivity contribution in [2.75, 3.05) is 20.1 Å². The lowest BCUT2D eigenvalue weighted by molar-refractivity contribution is -0.136. The third-order valence-corrected chi connectivity index (χ3v) is 8.74. The zero-order valence-electron chi connectivity index (χ0n) is 23.3. The lowest BCUT2D eigenvalue weighted by Gasteiger charge is -2.29. The van der Waals surface area contributed by atoms with Crippen LogP contribution >= 0.6 is 0 Å². The second-order valence-corrected chi connectivity index (χ2v) is 12.8. The lowest BCUT2D eigenvalue weighted by atomic mass is 9.95. The van der Waals surface area contributed by atoms with Gasteiger partial charge in [0.1, 0.15) is 5.82 Å². The molecule has 1 atom stereocenters. The van der Waals surface area contributed by atoms with Crippen LogP contribution in [0, 0.1) is 5.82 Å². The van der Waals surface area contributed by atoms with Gasteiger partial charge in [-0.1, -0.05) is 54.6 Å². The molecule has 0 aliphatic rings. The Morgan fingerprint density at radius 1 is 1.00 bits per heavy atom. The average molecular weight is 571 g/mol. The van der Waals surface area contributed by atoms with Crippen LogP contribution in [0.25, 0.3) is 11.1 Å². The molecule has 0 saturated carbocycles. The number of nitrogens with one attached hydrogen (secondary N) is 1. The number of likely N-dealkylation sites (N-methyl/N-ethyl adjacent to an activating group) is 1. The Bertz CT molecular complexity index is 1390. The van der Waals surface area contributed by atoms with Gasteiger partial charge in [-0.3, -0.25) is 4.79 Å². The summed E-state index contributed by atoms with van der Waals surface area (Å²) in [5.41, 5.74) is 2.71. The molecule has 0 unspecified atom stereocenters. The highest BCUT2D eigenvalue weighted by Crippen LogP contribution is 2.25. The van der Waals surface area contributed by atoms with Gasteiger partial charge in [0, 0.05) is 32.1 Å². The average Bonchev–Trinajstić information content (AvgIpc) is 2.92. The number of hydrogen-bond donors (Lipinski definition) is 3. The topological polar surface area (TPSA) is 107 Å². The molecule has 7 nitrogen and oxygen atoms in total. The van der Waals surface area contributed by atoms with E-state index in [2.05, 4.69) is 5.32 Å². The maximum Gasteiger partial charge on any atom is 0.303 e. The first-order valence-electron chi connectivity index (χ1n) is 13.4. The Balaban J connectivity index is 1.57. The molecule has 9 heteroatoms. The van der Waals surface area contributed by atoms with E-state index in [0.717, 1.165) is 28.3 Å². The Morgan fingerprint density at radius 3 is 2.38 bits per heavy atom. The van der Waals surface area contributed by atoms with E-state index in [1.165, 1.54) is 19.2 Å². The number of aliphatic hydroxyl groups is 1. The molecule has 0 amide bonds. The van der Waals surface area contributed by atoms with Crippen molar-refractivity contribution in [3.63, 3.8) is 0 Å². The molecule has 0 fully saturated rings. The fourth-order valence-corrected chi connectivity index (χ4v) is 5.79. The quantitative estimate of drug-likeness (QED) is 0.240. The minimum absolute atomic E-state index is 0.0186. The highest BCUT2D eigenvalue weighted by molar-refractivity contribution is 7.89. The van der Waals surface area contributed by atoms with Gasteiger partial charge in [-0.2, -0.15) is 4.31 Å². The number of sulfonamides is 1. The number of aryl methyl sites for hydroxylation is 2. The van der Waals surface area contributed by atoms with Crippen LogP contribution in [0.15, 0.2) is 77.7 Å². The molecule has 0 aromatic heterocycles. The van der Waals surface area contributed by atoms with E-state index < -0.39 is 22.1 Å². The molecule has 3 N–H and O–H groups in total. The van der Waals surface area contributed by atoms with Gasteiger partial charge >= 0.3 is 5.97 Å². The Kier molecular flexibility index (Phi) is 11.0. The predicted octanol–water partition coefficient (Wildman–Crippen LogP) is 4.88. The molecule has 0 aliphatic heterocycles. The number of β-amino-alcohol motifs (C(OH)–C–C–N with tert-alkyl or cyclic N) is 1. The smallest absolute Gasteiger partial charge is 0.303 e. The molecule has 0 saturated heterocycles. The summed E-state index contributed by atoms with van der Waals surface area (Å²) < 4.78 is 41.6. The van der Waals surface area contributed by atoms with Gasteiger partial charge in [-0.15, -0.1) is 0 Å². The minimum Gasteiger partial charge on any atom is -0.481 e. The molecule has 0 aliphatic carbocycles. The summed E-state index contributed by atoms with van der Waals surface area (Å²) in [5, 5.41) is 22.9. The number of nitrogens with zero attached hydrogens (tertiary/aromatic N) is 1. The van der Waals surface area contributed by atoms with Gasteiger partial charge in [0.25, 0.3) is 0 Å². The Hall–Kier alpha value is -3.11. The maximum atomic E-state index is 13.9. The number of carboxylic acid groups (broad SMARTS) is 1. The first-order chi connectivity index (χ1) is 18.9. The van der Waals surface area contributed by atoms with Crippen LogP contribution in [-0.4, -0.2) is 60.7 Å². The normalized spacial score (nSPS) is 12.9. The van der Waals surface area contributed by atoms with Crippen LogP contribution < -0.4 is 5.32 Å². The highest BCUT2D eigenvalue weighted by atomic mass is 32.2. The molecule has 3 aromatic carbocycles. The van der Waals surface area contributed by atoms with Crippen LogP contribution in [0.3, 0.4) is 0 Å². The second kappa shape index (κ2) is 14.0. The van der Waals surface area contributed by atoms with E-state index in [0.29, 0.717) is 24.0 Å². The number of aliphatic carboxylic acids is 1. The van der Waals surface area contributed by atoms with Gasteiger partial charge in [-0.25, -0.2) is 12.8 Å². The predicted molar refractivity (Wildman–Crippen MR) is 155 cm³/mol. The largest absolute Gasteiger partial charge is 0.481 e. The number of aliphatic hydroxyl groups excluding tert-OH is 1. The summed E-state index contributed by atoms with van der Waals surface area (Å²) in [6, 6.07) is 20.7. The maximum absolute atomic E-state index is 13.9. The lowest BCUT2D eigenvalue weighted by Crippen LogP contribution is -2.46. The Labute approximate surface area is 236 Å². The summed E-state index contributed by atoms with van der Waals surface area (Å²) in [6.45, 7) is 4.12. The summed E-state index contributed by atoms with van der Waals surface area (Å²) in [4.78, 5) is 11.0. The summed E-state index contributed by atoms with van der Waals surface area (Å²) in [7, 11) is -2.42. The molecule has 216 valence electrons. The molecular weight excluding hydrogens is 531 g/mol. The molecule has 0 spiro atoms. The van der Waals surface area contributed by atoms with E-state index >= 15 is 0 Å². The number of hydrogen-bond acceptors (Lipinski definition) is 5. The van der Waals surface area contributed by atoms with E-state index in [9.17, 15) is 22.7 Å². The first-order valence-corrected chi connectivity index (χ1v) is 14.9. The number of carboxylic acids is 1. The van der Waals surface area contributed by atoms with Crippen molar-refractivity contribution in [1.29, 1.82) is 0 Å². The summed E-state index contributed by atoms with van der Waals surface area (Å²) >= 11 is 0. The van der Waals surface area contributed by atoms with Crippen molar-refractivity contribution in [2.24, 2.45) is 0 Å². The fraction of sp³-hybridized carbons (Fsp3) is 0.387. The molecule has 0 radical (unpaired) electrons. The third kappa shape index (κ3) is 9.23. The molecule has 0 heterocycles. The summed E-state index contributed by atoms with van der Waals surface area (Å²) in [5.74, 6) is -1.08. The fourth-order valence-electron chi connectivity index (χ4n) is 4.54. The van der Waals surface area contributed by atoms with Crippen molar-refractivity contribution in [2.45, 2.75) is 62.5 Å². The molecule has 3 aromatic rings. The zero-order valence-corrected chi connectivity index (χ0v) is 24.1. The second-order valence-electron chi connectivity index (χ2n) is 10.8. The number of benzene rings is 3. The van der Waals surface area contributed by atoms with Crippen molar-refractivity contribution >= 4 is 16.0 Å². The molecule has 40 heavy (non-hydrogen) atoms. The number of carbonyl (C=O) groups is 1. The van der Waals surface area contributed by atoms with Crippen LogP contribution in [0.4, 0.5) is 4.39 Å². The van der Waals surface area contributed by atoms with Crippen molar-refractivity contribution < 1.29 is 27.8 Å². The van der Waals surface area contributed by atoms with Crippen LogP contribution in [-0.2, 0) is 27.7 Å². The van der Waals surface area contributed by atoms with Gasteiger partial charge in [0.2, 0.25) is 10.0 Å². The highest BCUT2D eigenvalue weighted by Gasteiger charge is 2.25. The first kappa shape index (κ1) is 31.4. The molecule has 3 rings (SSSR count). The van der Waals surface area contributed by atoms with Crippen LogP contribution in [0.1, 0.15) is 44.2 Å². The van der Waals surface area contributed by atoms with E-state index in [1.807, 2.05) is 50.2 Å². The monoisotopic (exact) mass is 570 g/mol. The van der Waals surface area contributed by atoms with E-state index in [1.54, 1.807) is 24.3 Å². The van der Waals surface area contributed by atoms with Crippen LogP contribution in [0.2, 0.25) is 0 Å². The molecule has 0 bridgehead atoms. The number of halogens is 1. The van der Waals surface area contributed by atoms with Gasteiger partial charge < -0.3 is 15.5 Å². The van der Waals surface area contributed by atoms with E-state index in [-0.39, 0.29) is 35.8 Å². The standard InChI is InChI=1S/C31H39FN2O5S/c1-31(2,18-8-13-24-10-4-5-15-29(24)32)33-21-27(35)22-34(3)40(38,39)28-14-7-12-26(20-28)25-11-6-9-23(19-25)16-17-30(36)37/h4-7,9-12,14-15,19-20,27,33,35H,8,13,16-18,21-22H2,1-3H3,(H,36,37)/t27-/m1/s1. The zero-order chi connectivity index (χ0) is 29.3. The van der Waals surface area contributed by atoms with Crippen LogP contribution in [0.5, 0.6) is 0 Å². The van der Waals surface area contributed by atoms with Gasteiger partial charge in [-0.05, 0) is 80.0 Å². The minimum atomic E-state index is -3.87. The number of rotatable bonds is 15. The molecular formula is C31H39FN2O5S. The van der Waals surface area contributed by atoms with Crippen molar-refractivity contribution in [3.05, 3.63) is 89.7 Å². The van der Waals surface area contributed by atoms with Crippen molar-refractivity contribution in [1.82, 2.24) is 9.62 Å². The van der Waals surface area contributed by atoms with Crippen molar-refractivity contribution in [3.8, 4) is 11.1 Å². The Morgan fingerprint density at radius 2 is 1.68 bits per heavy atom. The third-order valence-electron chi connectivity index (χ3n) is 6.92. The van der Waals surface area contributed by atoms with Gasteiger partial charge in [0.05, 0.1) is 11.0 Å². The van der Waals surface area contributed by atoms with Gasteiger partial charge in [0.15, 0.2) is 0 Å².